The molecule has 0 spiro atoms. The molecule has 0 atom stereocenters. The summed E-state index contributed by atoms with van der Waals surface area (Å²) >= 11 is 5.80. The van der Waals surface area contributed by atoms with Crippen LogP contribution >= 0.6 is 11.6 Å². The predicted molar refractivity (Wildman–Crippen MR) is 76.6 cm³/mol. The Balaban J connectivity index is 1.86. The van der Waals surface area contributed by atoms with Crippen molar-refractivity contribution in [3.63, 3.8) is 0 Å². The van der Waals surface area contributed by atoms with Crippen molar-refractivity contribution in [2.75, 3.05) is 13.2 Å². The molecule has 1 aliphatic rings. The minimum Gasteiger partial charge on any atom is -0.484 e. The van der Waals surface area contributed by atoms with Gasteiger partial charge in [0.1, 0.15) is 5.75 Å². The first-order valence-corrected chi connectivity index (χ1v) is 7.26. The molecule has 0 aliphatic heterocycles. The van der Waals surface area contributed by atoms with Crippen molar-refractivity contribution in [2.24, 2.45) is 0 Å². The van der Waals surface area contributed by atoms with Gasteiger partial charge >= 0.3 is 0 Å². The number of hydrogen-bond donors (Lipinski definition) is 0. The van der Waals surface area contributed by atoms with E-state index in [1.807, 2.05) is 11.8 Å². The second kappa shape index (κ2) is 6.80. The first-order chi connectivity index (χ1) is 9.20. The van der Waals surface area contributed by atoms with Gasteiger partial charge in [-0.15, -0.1) is 0 Å². The minimum atomic E-state index is 0.0735. The highest BCUT2D eigenvalue weighted by Gasteiger charge is 2.25. The molecule has 0 unspecified atom stereocenters. The third-order valence-electron chi connectivity index (χ3n) is 3.60. The van der Waals surface area contributed by atoms with Crippen LogP contribution in [-0.4, -0.2) is 30.0 Å². The second-order valence-corrected chi connectivity index (χ2v) is 5.30. The van der Waals surface area contributed by atoms with Crippen LogP contribution in [0.4, 0.5) is 0 Å². The van der Waals surface area contributed by atoms with Crippen LogP contribution in [0.2, 0.25) is 5.02 Å². The molecule has 2 rings (SSSR count). The van der Waals surface area contributed by atoms with Gasteiger partial charge in [-0.1, -0.05) is 24.4 Å². The molecule has 1 aliphatic carbocycles. The van der Waals surface area contributed by atoms with Gasteiger partial charge in [-0.2, -0.15) is 0 Å². The van der Waals surface area contributed by atoms with Gasteiger partial charge in [0.05, 0.1) is 0 Å². The summed E-state index contributed by atoms with van der Waals surface area (Å²) in [5.74, 6) is 0.754. The minimum absolute atomic E-state index is 0.0735. The fraction of sp³-hybridized carbons (Fsp3) is 0.533. The molecule has 0 radical (unpaired) electrons. The Morgan fingerprint density at radius 2 is 1.95 bits per heavy atom. The molecule has 4 heteroatoms. The van der Waals surface area contributed by atoms with E-state index in [1.54, 1.807) is 24.3 Å². The van der Waals surface area contributed by atoms with E-state index in [0.29, 0.717) is 16.8 Å². The molecule has 1 aromatic rings. The maximum Gasteiger partial charge on any atom is 0.260 e. The maximum atomic E-state index is 12.2. The molecular formula is C15H20ClNO2. The number of nitrogens with zero attached hydrogens (tertiary/aromatic N) is 1. The number of halogens is 1. The van der Waals surface area contributed by atoms with Crippen molar-refractivity contribution < 1.29 is 9.53 Å². The molecule has 3 nitrogen and oxygen atoms in total. The molecule has 0 aromatic heterocycles. The van der Waals surface area contributed by atoms with Crippen LogP contribution in [-0.2, 0) is 4.79 Å². The molecule has 1 fully saturated rings. The molecule has 1 saturated carbocycles. The molecule has 0 saturated heterocycles. The van der Waals surface area contributed by atoms with Gasteiger partial charge in [-0.25, -0.2) is 0 Å². The summed E-state index contributed by atoms with van der Waals surface area (Å²) in [6, 6.07) is 7.49. The number of carbonyl (C=O) groups excluding carboxylic acids is 1. The summed E-state index contributed by atoms with van der Waals surface area (Å²) in [7, 11) is 0. The van der Waals surface area contributed by atoms with E-state index in [4.69, 9.17) is 16.3 Å². The Labute approximate surface area is 119 Å². The van der Waals surface area contributed by atoms with E-state index < -0.39 is 0 Å². The highest BCUT2D eigenvalue weighted by atomic mass is 35.5. The van der Waals surface area contributed by atoms with Crippen LogP contribution in [0.3, 0.4) is 0 Å². The molecule has 19 heavy (non-hydrogen) atoms. The first kappa shape index (κ1) is 14.2. The lowest BCUT2D eigenvalue weighted by Gasteiger charge is -2.27. The number of likely N-dealkylation sites (N-methyl/N-ethyl adjacent to an activating group) is 1. The smallest absolute Gasteiger partial charge is 0.260 e. The van der Waals surface area contributed by atoms with Gasteiger partial charge in [0.15, 0.2) is 6.61 Å². The zero-order valence-corrected chi connectivity index (χ0v) is 12.0. The zero-order valence-electron chi connectivity index (χ0n) is 11.3. The molecule has 0 heterocycles. The first-order valence-electron chi connectivity index (χ1n) is 6.88. The Morgan fingerprint density at radius 3 is 2.53 bits per heavy atom. The lowest BCUT2D eigenvalue weighted by Crippen LogP contribution is -2.41. The number of hydrogen-bond acceptors (Lipinski definition) is 2. The number of benzene rings is 1. The van der Waals surface area contributed by atoms with Crippen molar-refractivity contribution in [3.8, 4) is 5.75 Å². The average Bonchev–Trinajstić information content (AvgIpc) is 2.93. The summed E-state index contributed by atoms with van der Waals surface area (Å²) in [5.41, 5.74) is 0. The second-order valence-electron chi connectivity index (χ2n) is 4.86. The predicted octanol–water partition coefficient (Wildman–Crippen LogP) is 3.51. The van der Waals surface area contributed by atoms with Crippen molar-refractivity contribution in [1.29, 1.82) is 0 Å². The molecule has 1 amide bonds. The molecule has 104 valence electrons. The number of ether oxygens (including phenoxy) is 1. The van der Waals surface area contributed by atoms with Crippen molar-refractivity contribution in [3.05, 3.63) is 29.3 Å². The molecule has 0 bridgehead atoms. The largest absolute Gasteiger partial charge is 0.484 e. The van der Waals surface area contributed by atoms with E-state index >= 15 is 0 Å². The van der Waals surface area contributed by atoms with Crippen molar-refractivity contribution in [1.82, 2.24) is 4.90 Å². The van der Waals surface area contributed by atoms with Gasteiger partial charge in [0.2, 0.25) is 0 Å². The highest BCUT2D eigenvalue weighted by Crippen LogP contribution is 2.23. The highest BCUT2D eigenvalue weighted by molar-refractivity contribution is 6.30. The van der Waals surface area contributed by atoms with E-state index in [9.17, 15) is 4.79 Å². The lowest BCUT2D eigenvalue weighted by molar-refractivity contribution is -0.135. The van der Waals surface area contributed by atoms with E-state index in [1.165, 1.54) is 12.8 Å². The van der Waals surface area contributed by atoms with Crippen LogP contribution in [0.1, 0.15) is 32.6 Å². The van der Waals surface area contributed by atoms with E-state index in [-0.39, 0.29) is 12.5 Å². The normalized spacial score (nSPS) is 15.5. The molecular weight excluding hydrogens is 262 g/mol. The van der Waals surface area contributed by atoms with Gasteiger partial charge < -0.3 is 9.64 Å². The molecule has 0 N–H and O–H groups in total. The summed E-state index contributed by atoms with van der Waals surface area (Å²) in [6.07, 6.45) is 4.71. The van der Waals surface area contributed by atoms with Crippen LogP contribution in [0, 0.1) is 0 Å². The quantitative estimate of drug-likeness (QED) is 0.827. The van der Waals surface area contributed by atoms with Crippen LogP contribution in [0.25, 0.3) is 0 Å². The van der Waals surface area contributed by atoms with Crippen LogP contribution in [0.5, 0.6) is 5.75 Å². The summed E-state index contributed by atoms with van der Waals surface area (Å²) in [4.78, 5) is 14.1. The van der Waals surface area contributed by atoms with Crippen LogP contribution in [0.15, 0.2) is 24.3 Å². The van der Waals surface area contributed by atoms with E-state index in [0.717, 1.165) is 19.4 Å². The van der Waals surface area contributed by atoms with Gasteiger partial charge in [0.25, 0.3) is 5.91 Å². The fourth-order valence-electron chi connectivity index (χ4n) is 2.61. The maximum absolute atomic E-state index is 12.2. The van der Waals surface area contributed by atoms with E-state index in [2.05, 4.69) is 0 Å². The summed E-state index contributed by atoms with van der Waals surface area (Å²) < 4.78 is 5.52. The number of rotatable bonds is 5. The molecule has 1 aromatic carbocycles. The summed E-state index contributed by atoms with van der Waals surface area (Å²) in [5, 5.41) is 0.666. The van der Waals surface area contributed by atoms with Crippen molar-refractivity contribution in [2.45, 2.75) is 38.6 Å². The standard InChI is InChI=1S/C15H20ClNO2/c1-2-17(13-5-3-4-6-13)15(18)11-19-14-9-7-12(16)8-10-14/h7-10,13H,2-6,11H2,1H3. The van der Waals surface area contributed by atoms with Gasteiger partial charge in [-0.05, 0) is 44.0 Å². The van der Waals surface area contributed by atoms with Crippen LogP contribution < -0.4 is 4.74 Å². The monoisotopic (exact) mass is 281 g/mol. The Hall–Kier alpha value is -1.22. The topological polar surface area (TPSA) is 29.5 Å². The average molecular weight is 282 g/mol. The SMILES string of the molecule is CCN(C(=O)COc1ccc(Cl)cc1)C1CCCC1. The lowest BCUT2D eigenvalue weighted by atomic mass is 10.2. The van der Waals surface area contributed by atoms with Gasteiger partial charge in [-0.3, -0.25) is 4.79 Å². The van der Waals surface area contributed by atoms with Gasteiger partial charge in [0, 0.05) is 17.6 Å². The van der Waals surface area contributed by atoms with Crippen molar-refractivity contribution >= 4 is 17.5 Å². The third-order valence-corrected chi connectivity index (χ3v) is 3.85. The zero-order chi connectivity index (χ0) is 13.7. The summed E-state index contributed by atoms with van der Waals surface area (Å²) in [6.45, 7) is 2.89. The Bertz CT molecular complexity index is 413. The number of carbonyl (C=O) groups is 1. The third kappa shape index (κ3) is 3.87. The number of amides is 1. The Kier molecular flexibility index (Phi) is 5.08. The Morgan fingerprint density at radius 1 is 1.32 bits per heavy atom. The fourth-order valence-corrected chi connectivity index (χ4v) is 2.74.